The van der Waals surface area contributed by atoms with Crippen molar-refractivity contribution in [3.63, 3.8) is 0 Å². The van der Waals surface area contributed by atoms with Crippen LogP contribution in [0.4, 0.5) is 5.69 Å². The van der Waals surface area contributed by atoms with Crippen LogP contribution in [0.5, 0.6) is 5.75 Å². The summed E-state index contributed by atoms with van der Waals surface area (Å²) in [7, 11) is 1.82. The minimum Gasteiger partial charge on any atom is -0.507 e. The first-order valence-corrected chi connectivity index (χ1v) is 12.1. The quantitative estimate of drug-likeness (QED) is 0.418. The summed E-state index contributed by atoms with van der Waals surface area (Å²) in [5.74, 6) is -0.295. The summed E-state index contributed by atoms with van der Waals surface area (Å²) in [6.45, 7) is 1.89. The van der Waals surface area contributed by atoms with E-state index in [1.165, 1.54) is 18.5 Å². The smallest absolute Gasteiger partial charge is 0.254 e. The van der Waals surface area contributed by atoms with Gasteiger partial charge in [-0.3, -0.25) is 23.8 Å². The molecule has 4 heterocycles. The number of pyridine rings is 1. The Morgan fingerprint density at radius 3 is 2.75 bits per heavy atom. The molecule has 0 spiro atoms. The van der Waals surface area contributed by atoms with Gasteiger partial charge in [-0.05, 0) is 43.2 Å². The molecule has 0 aliphatic carbocycles. The Morgan fingerprint density at radius 2 is 1.94 bits per heavy atom. The van der Waals surface area contributed by atoms with Gasteiger partial charge in [-0.2, -0.15) is 5.10 Å². The van der Waals surface area contributed by atoms with Crippen LogP contribution in [-0.2, 0) is 11.8 Å². The number of rotatable bonds is 2. The molecule has 2 N–H and O–H groups in total. The molecule has 3 aromatic heterocycles. The van der Waals surface area contributed by atoms with E-state index in [9.17, 15) is 14.7 Å². The van der Waals surface area contributed by atoms with Crippen LogP contribution in [0.2, 0.25) is 5.02 Å². The van der Waals surface area contributed by atoms with E-state index < -0.39 is 6.04 Å². The summed E-state index contributed by atoms with van der Waals surface area (Å²) < 4.78 is 3.26. The number of nitrogens with zero attached hydrogens (tertiary/aromatic N) is 5. The van der Waals surface area contributed by atoms with Crippen molar-refractivity contribution in [3.05, 3.63) is 76.2 Å². The first-order chi connectivity index (χ1) is 17.3. The van der Waals surface area contributed by atoms with E-state index in [0.29, 0.717) is 46.9 Å². The van der Waals surface area contributed by atoms with Crippen LogP contribution >= 0.6 is 11.6 Å². The molecule has 4 aromatic rings. The third-order valence-electron chi connectivity index (χ3n) is 6.56. The summed E-state index contributed by atoms with van der Waals surface area (Å²) in [4.78, 5) is 35.2. The first-order valence-electron chi connectivity index (χ1n) is 11.7. The van der Waals surface area contributed by atoms with E-state index in [2.05, 4.69) is 20.4 Å². The van der Waals surface area contributed by atoms with Crippen LogP contribution in [0.15, 0.2) is 59.9 Å². The Morgan fingerprint density at radius 1 is 1.11 bits per heavy atom. The first kappa shape index (κ1) is 23.7. The third-order valence-corrected chi connectivity index (χ3v) is 6.80. The highest BCUT2D eigenvalue weighted by molar-refractivity contribution is 6.30. The molecular formula is C26H25ClN6O3. The summed E-state index contributed by atoms with van der Waals surface area (Å²) >= 11 is 6.08. The van der Waals surface area contributed by atoms with Crippen molar-refractivity contribution in [1.82, 2.24) is 24.3 Å². The average Bonchev–Trinajstić information content (AvgIpc) is 3.22. The Balaban J connectivity index is 1.60. The predicted molar refractivity (Wildman–Crippen MR) is 137 cm³/mol. The van der Waals surface area contributed by atoms with Gasteiger partial charge in [0.1, 0.15) is 5.75 Å². The number of carbonyl (C=O) groups is 1. The number of aromatic nitrogens is 5. The normalized spacial score (nSPS) is 18.0. The van der Waals surface area contributed by atoms with E-state index in [1.54, 1.807) is 33.8 Å². The Bertz CT molecular complexity index is 1510. The van der Waals surface area contributed by atoms with Gasteiger partial charge in [0.25, 0.3) is 5.56 Å². The second-order valence-electron chi connectivity index (χ2n) is 9.02. The molecule has 1 amide bonds. The highest BCUT2D eigenvalue weighted by atomic mass is 35.5. The van der Waals surface area contributed by atoms with Crippen LogP contribution in [-0.4, -0.2) is 35.3 Å². The number of aryl methyl sites for hydroxylation is 1. The van der Waals surface area contributed by atoms with Crippen LogP contribution in [0, 0.1) is 5.92 Å². The summed E-state index contributed by atoms with van der Waals surface area (Å²) in [6.07, 6.45) is 6.76. The molecule has 0 unspecified atom stereocenters. The number of amides is 1. The van der Waals surface area contributed by atoms with Crippen molar-refractivity contribution in [2.75, 3.05) is 5.32 Å². The highest BCUT2D eigenvalue weighted by Gasteiger charge is 2.24. The molecule has 2 atom stereocenters. The van der Waals surface area contributed by atoms with Crippen molar-refractivity contribution in [3.8, 4) is 28.3 Å². The number of benzene rings is 1. The number of aromatic hydroxyl groups is 1. The van der Waals surface area contributed by atoms with Gasteiger partial charge in [-0.25, -0.2) is 4.98 Å². The second kappa shape index (κ2) is 9.58. The molecular weight excluding hydrogens is 480 g/mol. The van der Waals surface area contributed by atoms with Crippen LogP contribution in [0.3, 0.4) is 0 Å². The molecule has 0 saturated carbocycles. The number of hydrogen-bond donors (Lipinski definition) is 2. The topological polar surface area (TPSA) is 115 Å². The van der Waals surface area contributed by atoms with Crippen LogP contribution in [0.1, 0.15) is 37.9 Å². The zero-order valence-corrected chi connectivity index (χ0v) is 20.6. The van der Waals surface area contributed by atoms with Crippen LogP contribution in [0.25, 0.3) is 22.5 Å². The molecule has 0 saturated heterocycles. The van der Waals surface area contributed by atoms with Crippen molar-refractivity contribution in [1.29, 1.82) is 0 Å². The second-order valence-corrected chi connectivity index (χ2v) is 9.45. The molecule has 0 fully saturated rings. The summed E-state index contributed by atoms with van der Waals surface area (Å²) in [6, 6.07) is 9.39. The van der Waals surface area contributed by atoms with Gasteiger partial charge < -0.3 is 10.4 Å². The number of phenols is 1. The zero-order chi connectivity index (χ0) is 25.4. The van der Waals surface area contributed by atoms with Gasteiger partial charge in [0, 0.05) is 41.4 Å². The Hall–Kier alpha value is -3.98. The lowest BCUT2D eigenvalue weighted by Crippen LogP contribution is -2.27. The SMILES string of the molecule is C[C@@H]1CCC[C@H](n2cnc(-c3cc(Cl)ccc3O)cc2=O)c2cc(ccn2)-c2c(cnn2C)NC1=O. The fraction of sp³-hybridized carbons (Fsp3) is 0.269. The number of fused-ring (bicyclic) bond motifs is 4. The minimum atomic E-state index is -0.390. The molecule has 2 bridgehead atoms. The van der Waals surface area contributed by atoms with E-state index in [4.69, 9.17) is 11.6 Å². The van der Waals surface area contributed by atoms with Crippen LogP contribution < -0.4 is 10.9 Å². The summed E-state index contributed by atoms with van der Waals surface area (Å²) in [5.41, 5.74) is 3.36. The zero-order valence-electron chi connectivity index (χ0n) is 19.8. The van der Waals surface area contributed by atoms with Gasteiger partial charge in [-0.15, -0.1) is 0 Å². The number of halogens is 1. The van der Waals surface area contributed by atoms with Crippen molar-refractivity contribution in [2.45, 2.75) is 32.2 Å². The van der Waals surface area contributed by atoms with Gasteiger partial charge in [0.15, 0.2) is 0 Å². The maximum Gasteiger partial charge on any atom is 0.254 e. The van der Waals surface area contributed by atoms with E-state index >= 15 is 0 Å². The third kappa shape index (κ3) is 4.49. The van der Waals surface area contributed by atoms with E-state index in [0.717, 1.165) is 11.3 Å². The van der Waals surface area contributed by atoms with Crippen molar-refractivity contribution >= 4 is 23.2 Å². The summed E-state index contributed by atoms with van der Waals surface area (Å²) in [5, 5.41) is 18.0. The number of anilines is 1. The molecule has 9 nitrogen and oxygen atoms in total. The van der Waals surface area contributed by atoms with Gasteiger partial charge in [-0.1, -0.05) is 24.9 Å². The highest BCUT2D eigenvalue weighted by Crippen LogP contribution is 2.33. The number of nitrogens with one attached hydrogen (secondary N) is 1. The van der Waals surface area contributed by atoms with Crippen molar-refractivity contribution < 1.29 is 9.90 Å². The maximum atomic E-state index is 13.3. The molecule has 36 heavy (non-hydrogen) atoms. The Kier molecular flexibility index (Phi) is 6.32. The standard InChI is InChI=1S/C26H25ClN6O3/c1-15-4-3-5-22(33-14-29-19(12-24(33)35)18-11-17(27)6-7-23(18)34)20-10-16(8-9-28-20)25-21(31-26(15)36)13-30-32(25)2/h6-15,22,34H,3-5H2,1-2H3,(H,31,36)/t15-,22+/m1/s1. The average molecular weight is 505 g/mol. The van der Waals surface area contributed by atoms with Gasteiger partial charge >= 0.3 is 0 Å². The minimum absolute atomic E-state index is 0.0105. The number of phenolic OH excluding ortho intramolecular Hbond substituents is 1. The van der Waals surface area contributed by atoms with Gasteiger partial charge in [0.2, 0.25) is 5.91 Å². The lowest BCUT2D eigenvalue weighted by molar-refractivity contribution is -0.119. The molecule has 0 radical (unpaired) electrons. The fourth-order valence-electron chi connectivity index (χ4n) is 4.59. The molecule has 1 aliphatic rings. The Labute approximate surface area is 212 Å². The molecule has 184 valence electrons. The fourth-order valence-corrected chi connectivity index (χ4v) is 4.76. The monoisotopic (exact) mass is 504 g/mol. The van der Waals surface area contributed by atoms with Crippen molar-refractivity contribution in [2.24, 2.45) is 13.0 Å². The number of hydrogen-bond acceptors (Lipinski definition) is 6. The molecule has 10 heteroatoms. The molecule has 1 aromatic carbocycles. The number of carbonyl (C=O) groups excluding carboxylic acids is 1. The maximum absolute atomic E-state index is 13.3. The predicted octanol–water partition coefficient (Wildman–Crippen LogP) is 4.41. The molecule has 1 aliphatic heterocycles. The van der Waals surface area contributed by atoms with E-state index in [1.807, 2.05) is 26.1 Å². The van der Waals surface area contributed by atoms with Gasteiger partial charge in [0.05, 0.1) is 41.3 Å². The largest absolute Gasteiger partial charge is 0.507 e. The molecule has 5 rings (SSSR count). The lowest BCUT2D eigenvalue weighted by atomic mass is 9.97. The lowest BCUT2D eigenvalue weighted by Gasteiger charge is -2.22. The van der Waals surface area contributed by atoms with E-state index in [-0.39, 0.29) is 23.1 Å².